The number of nitro benzene ring substituents is 1. The molecule has 112 valence electrons. The highest BCUT2D eigenvalue weighted by atomic mass is 32.2. The quantitative estimate of drug-likeness (QED) is 0.308. The minimum atomic E-state index is -4.29. The highest BCUT2D eigenvalue weighted by Gasteiger charge is 2.34. The van der Waals surface area contributed by atoms with E-state index in [0.29, 0.717) is 4.31 Å². The summed E-state index contributed by atoms with van der Waals surface area (Å²) in [5.74, 6) is -1.56. The number of rotatable bonds is 3. The molecule has 21 heavy (non-hydrogen) atoms. The third-order valence-corrected chi connectivity index (χ3v) is 4.59. The van der Waals surface area contributed by atoms with E-state index in [-0.39, 0.29) is 5.69 Å². The summed E-state index contributed by atoms with van der Waals surface area (Å²) >= 11 is 0. The maximum atomic E-state index is 12.4. The largest absolute Gasteiger partial charge is 0.398 e. The summed E-state index contributed by atoms with van der Waals surface area (Å²) in [6.07, 6.45) is 0. The van der Waals surface area contributed by atoms with Crippen LogP contribution < -0.4 is 11.1 Å². The van der Waals surface area contributed by atoms with Crippen LogP contribution in [0.25, 0.3) is 0 Å². The van der Waals surface area contributed by atoms with E-state index in [0.717, 1.165) is 18.2 Å². The number of carbonyl (C=O) groups excluding carboxylic acids is 2. The lowest BCUT2D eigenvalue weighted by atomic mass is 10.3. The number of imide groups is 1. The Labute approximate surface area is 118 Å². The second-order valence-electron chi connectivity index (χ2n) is 4.22. The van der Waals surface area contributed by atoms with Crippen molar-refractivity contribution in [1.29, 1.82) is 0 Å². The van der Waals surface area contributed by atoms with E-state index in [9.17, 15) is 28.1 Å². The van der Waals surface area contributed by atoms with Crippen molar-refractivity contribution in [3.05, 3.63) is 28.3 Å². The van der Waals surface area contributed by atoms with E-state index in [4.69, 9.17) is 5.73 Å². The molecule has 0 radical (unpaired) electrons. The molecule has 0 atom stereocenters. The second-order valence-corrected chi connectivity index (χ2v) is 6.13. The topological polar surface area (TPSA) is 153 Å². The molecule has 1 aromatic rings. The summed E-state index contributed by atoms with van der Waals surface area (Å²) in [6.45, 7) is -1.12. The standard InChI is InChI=1S/C10H10N4O6S/c11-7-2-1-6(14(17)18)3-8(7)21(19,20)13-4-9(15)12-10(16)5-13/h1-3H,4-5,11H2,(H,12,15,16). The molecule has 2 amide bonds. The SMILES string of the molecule is Nc1ccc([N+](=O)[O-])cc1S(=O)(=O)N1CC(=O)NC(=O)C1. The number of anilines is 1. The molecule has 1 heterocycles. The van der Waals surface area contributed by atoms with Crippen LogP contribution in [0.2, 0.25) is 0 Å². The lowest BCUT2D eigenvalue weighted by Gasteiger charge is -2.25. The van der Waals surface area contributed by atoms with E-state index in [1.54, 1.807) is 0 Å². The number of hydrogen-bond acceptors (Lipinski definition) is 7. The van der Waals surface area contributed by atoms with Crippen molar-refractivity contribution >= 4 is 33.2 Å². The van der Waals surface area contributed by atoms with Gasteiger partial charge in [0.05, 0.1) is 23.7 Å². The number of carbonyl (C=O) groups is 2. The zero-order chi connectivity index (χ0) is 15.8. The van der Waals surface area contributed by atoms with Crippen LogP contribution in [0.15, 0.2) is 23.1 Å². The fourth-order valence-corrected chi connectivity index (χ4v) is 3.27. The molecule has 2 rings (SSSR count). The van der Waals surface area contributed by atoms with Crippen LogP contribution in [0.4, 0.5) is 11.4 Å². The zero-order valence-corrected chi connectivity index (χ0v) is 11.3. The van der Waals surface area contributed by atoms with Gasteiger partial charge >= 0.3 is 0 Å². The molecule has 10 nitrogen and oxygen atoms in total. The maximum absolute atomic E-state index is 12.4. The summed E-state index contributed by atoms with van der Waals surface area (Å²) in [7, 11) is -4.29. The number of nitrogens with one attached hydrogen (secondary N) is 1. The number of nitrogens with zero attached hydrogens (tertiary/aromatic N) is 2. The second kappa shape index (κ2) is 5.10. The van der Waals surface area contributed by atoms with Gasteiger partial charge in [-0.2, -0.15) is 4.31 Å². The Balaban J connectivity index is 2.48. The van der Waals surface area contributed by atoms with Crippen LogP contribution in [0.3, 0.4) is 0 Å². The van der Waals surface area contributed by atoms with Crippen molar-refractivity contribution in [2.45, 2.75) is 4.90 Å². The van der Waals surface area contributed by atoms with Gasteiger partial charge in [-0.05, 0) is 6.07 Å². The number of non-ortho nitro benzene ring substituents is 1. The Hall–Kier alpha value is -2.53. The monoisotopic (exact) mass is 314 g/mol. The van der Waals surface area contributed by atoms with Gasteiger partial charge in [-0.1, -0.05) is 0 Å². The predicted molar refractivity (Wildman–Crippen MR) is 69.4 cm³/mol. The summed E-state index contributed by atoms with van der Waals surface area (Å²) < 4.78 is 25.3. The zero-order valence-electron chi connectivity index (χ0n) is 10.5. The van der Waals surface area contributed by atoms with Gasteiger partial charge in [0.2, 0.25) is 21.8 Å². The number of nitrogen functional groups attached to an aromatic ring is 1. The van der Waals surface area contributed by atoms with Crippen LogP contribution in [0.5, 0.6) is 0 Å². The molecule has 0 spiro atoms. The van der Waals surface area contributed by atoms with Gasteiger partial charge in [0.1, 0.15) is 4.90 Å². The smallest absolute Gasteiger partial charge is 0.270 e. The minimum absolute atomic E-state index is 0.209. The Kier molecular flexibility index (Phi) is 3.61. The summed E-state index contributed by atoms with van der Waals surface area (Å²) in [5, 5.41) is 12.7. The molecular formula is C10H10N4O6S. The van der Waals surface area contributed by atoms with E-state index in [1.807, 2.05) is 5.32 Å². The van der Waals surface area contributed by atoms with Crippen molar-refractivity contribution < 1.29 is 22.9 Å². The molecular weight excluding hydrogens is 304 g/mol. The van der Waals surface area contributed by atoms with Gasteiger partial charge in [0, 0.05) is 12.1 Å². The predicted octanol–water partition coefficient (Wildman–Crippen LogP) is -1.18. The molecule has 1 aliphatic rings. The molecule has 1 saturated heterocycles. The van der Waals surface area contributed by atoms with E-state index in [1.165, 1.54) is 0 Å². The number of amides is 2. The molecule has 1 aliphatic heterocycles. The third-order valence-electron chi connectivity index (χ3n) is 2.74. The molecule has 0 saturated carbocycles. The Morgan fingerprint density at radius 3 is 2.33 bits per heavy atom. The third kappa shape index (κ3) is 2.83. The molecule has 3 N–H and O–H groups in total. The van der Waals surface area contributed by atoms with Gasteiger partial charge in [0.25, 0.3) is 5.69 Å². The van der Waals surface area contributed by atoms with Crippen molar-refractivity contribution in [3.63, 3.8) is 0 Å². The van der Waals surface area contributed by atoms with Gasteiger partial charge in [-0.15, -0.1) is 0 Å². The first-order chi connectivity index (χ1) is 9.71. The molecule has 0 aromatic heterocycles. The first-order valence-electron chi connectivity index (χ1n) is 5.58. The van der Waals surface area contributed by atoms with E-state index in [2.05, 4.69) is 0 Å². The Bertz CT molecular complexity index is 728. The highest BCUT2D eigenvalue weighted by molar-refractivity contribution is 7.89. The van der Waals surface area contributed by atoms with Crippen LogP contribution in [-0.2, 0) is 19.6 Å². The normalized spacial score (nSPS) is 16.6. The van der Waals surface area contributed by atoms with Crippen molar-refractivity contribution in [2.75, 3.05) is 18.8 Å². The molecule has 1 fully saturated rings. The van der Waals surface area contributed by atoms with Gasteiger partial charge in [-0.25, -0.2) is 8.42 Å². The minimum Gasteiger partial charge on any atom is -0.398 e. The summed E-state index contributed by atoms with van der Waals surface area (Å²) in [5.41, 5.74) is 4.87. The number of benzene rings is 1. The van der Waals surface area contributed by atoms with Gasteiger partial charge in [0.15, 0.2) is 0 Å². The van der Waals surface area contributed by atoms with Crippen molar-refractivity contribution in [3.8, 4) is 0 Å². The average Bonchev–Trinajstić information content (AvgIpc) is 2.37. The summed E-state index contributed by atoms with van der Waals surface area (Å²) in [6, 6.07) is 2.93. The number of hydrogen-bond donors (Lipinski definition) is 2. The Morgan fingerprint density at radius 1 is 1.24 bits per heavy atom. The van der Waals surface area contributed by atoms with Crippen molar-refractivity contribution in [2.24, 2.45) is 0 Å². The Morgan fingerprint density at radius 2 is 1.81 bits per heavy atom. The van der Waals surface area contributed by atoms with Crippen LogP contribution in [0, 0.1) is 10.1 Å². The number of nitrogens with two attached hydrogens (primary N) is 1. The maximum Gasteiger partial charge on any atom is 0.270 e. The van der Waals surface area contributed by atoms with Crippen molar-refractivity contribution in [1.82, 2.24) is 9.62 Å². The van der Waals surface area contributed by atoms with Gasteiger partial charge < -0.3 is 5.73 Å². The lowest BCUT2D eigenvalue weighted by molar-refractivity contribution is -0.385. The van der Waals surface area contributed by atoms with Crippen LogP contribution in [-0.4, -0.2) is 42.6 Å². The number of piperazine rings is 1. The molecule has 1 aromatic carbocycles. The van der Waals surface area contributed by atoms with Crippen LogP contribution >= 0.6 is 0 Å². The molecule has 0 unspecified atom stereocenters. The molecule has 0 bridgehead atoms. The fraction of sp³-hybridized carbons (Fsp3) is 0.200. The lowest BCUT2D eigenvalue weighted by Crippen LogP contribution is -2.53. The number of sulfonamides is 1. The average molecular weight is 314 g/mol. The molecule has 11 heteroatoms. The van der Waals surface area contributed by atoms with Crippen LogP contribution in [0.1, 0.15) is 0 Å². The van der Waals surface area contributed by atoms with Gasteiger partial charge in [-0.3, -0.25) is 25.0 Å². The fourth-order valence-electron chi connectivity index (χ4n) is 1.78. The highest BCUT2D eigenvalue weighted by Crippen LogP contribution is 2.27. The van der Waals surface area contributed by atoms with E-state index >= 15 is 0 Å². The van der Waals surface area contributed by atoms with E-state index < -0.39 is 50.4 Å². The summed E-state index contributed by atoms with van der Waals surface area (Å²) in [4.78, 5) is 31.9. The first-order valence-corrected chi connectivity index (χ1v) is 7.02. The first kappa shape index (κ1) is 14.9. The number of nitro groups is 1. The molecule has 0 aliphatic carbocycles.